The summed E-state index contributed by atoms with van der Waals surface area (Å²) in [5.74, 6) is -4.94. The van der Waals surface area contributed by atoms with Crippen molar-refractivity contribution in [3.05, 3.63) is 70.8 Å². The molecule has 0 aliphatic rings. The Morgan fingerprint density at radius 1 is 1.19 bits per heavy atom. The monoisotopic (exact) mass is 542 g/mol. The lowest BCUT2D eigenvalue weighted by Crippen LogP contribution is -2.52. The number of ether oxygens (including phenoxy) is 1. The molecule has 1 heterocycles. The van der Waals surface area contributed by atoms with Crippen LogP contribution < -0.4 is 10.7 Å². The Labute approximate surface area is 214 Å². The summed E-state index contributed by atoms with van der Waals surface area (Å²) >= 11 is 5.92. The van der Waals surface area contributed by atoms with Crippen LogP contribution in [0.5, 0.6) is 0 Å². The summed E-state index contributed by atoms with van der Waals surface area (Å²) in [7, 11) is 0. The van der Waals surface area contributed by atoms with Crippen LogP contribution in [0, 0.1) is 11.6 Å². The minimum atomic E-state index is -3.22. The van der Waals surface area contributed by atoms with Crippen molar-refractivity contribution in [3.8, 4) is 11.3 Å². The van der Waals surface area contributed by atoms with Crippen LogP contribution in [0.2, 0.25) is 5.02 Å². The van der Waals surface area contributed by atoms with Crippen molar-refractivity contribution < 1.29 is 36.4 Å². The number of carbonyl (C=O) groups excluding carboxylic acids is 2. The number of hydrogen-bond donors (Lipinski definition) is 2. The van der Waals surface area contributed by atoms with Gasteiger partial charge in [0.15, 0.2) is 11.6 Å². The number of aromatic nitrogens is 1. The lowest BCUT2D eigenvalue weighted by atomic mass is 10.1. The molecule has 13 heteroatoms. The maximum absolute atomic E-state index is 13.9. The van der Waals surface area contributed by atoms with Gasteiger partial charge in [-0.15, -0.1) is 0 Å². The normalized spacial score (nSPS) is 12.2. The Morgan fingerprint density at radius 2 is 1.92 bits per heavy atom. The van der Waals surface area contributed by atoms with Gasteiger partial charge in [-0.1, -0.05) is 41.0 Å². The number of halogens is 5. The maximum Gasteiger partial charge on any atom is 0.412 e. The third-order valence-corrected chi connectivity index (χ3v) is 5.45. The molecule has 0 aliphatic carbocycles. The minimum absolute atomic E-state index is 0.0658. The van der Waals surface area contributed by atoms with E-state index >= 15 is 0 Å². The summed E-state index contributed by atoms with van der Waals surface area (Å²) in [6.45, 7) is 1.01. The predicted molar refractivity (Wildman–Crippen MR) is 127 cm³/mol. The summed E-state index contributed by atoms with van der Waals surface area (Å²) in [6.07, 6.45) is -1.91. The topological polar surface area (TPSA) is 96.7 Å². The second kappa shape index (κ2) is 12.1. The second-order valence-corrected chi connectivity index (χ2v) is 8.55. The highest BCUT2D eigenvalue weighted by molar-refractivity contribution is 6.31. The number of anilines is 1. The van der Waals surface area contributed by atoms with Crippen LogP contribution in [0.4, 0.5) is 28.2 Å². The molecular weight excluding hydrogens is 520 g/mol. The molecule has 0 saturated heterocycles. The van der Waals surface area contributed by atoms with Crippen LogP contribution in [-0.2, 0) is 16.1 Å². The van der Waals surface area contributed by atoms with Gasteiger partial charge in [0.2, 0.25) is 11.8 Å². The third kappa shape index (κ3) is 8.19. The highest BCUT2D eigenvalue weighted by Gasteiger charge is 2.33. The zero-order valence-corrected chi connectivity index (χ0v) is 20.5. The Morgan fingerprint density at radius 3 is 2.59 bits per heavy atom. The van der Waals surface area contributed by atoms with E-state index in [4.69, 9.17) is 20.9 Å². The Kier molecular flexibility index (Phi) is 9.11. The van der Waals surface area contributed by atoms with Gasteiger partial charge in [0, 0.05) is 31.5 Å². The fourth-order valence-corrected chi connectivity index (χ4v) is 3.61. The Bertz CT molecular complexity index is 1250. The summed E-state index contributed by atoms with van der Waals surface area (Å²) in [6, 6.07) is 9.58. The van der Waals surface area contributed by atoms with Gasteiger partial charge in [-0.2, -0.15) is 0 Å². The van der Waals surface area contributed by atoms with Gasteiger partial charge < -0.3 is 9.26 Å². The first-order valence-electron chi connectivity index (χ1n) is 10.9. The molecule has 8 nitrogen and oxygen atoms in total. The zero-order valence-electron chi connectivity index (χ0n) is 19.7. The van der Waals surface area contributed by atoms with E-state index in [9.17, 15) is 27.2 Å². The van der Waals surface area contributed by atoms with Gasteiger partial charge in [-0.25, -0.2) is 27.8 Å². The molecular formula is C24H23ClF4N4O4. The van der Waals surface area contributed by atoms with Crippen LogP contribution in [0.3, 0.4) is 0 Å². The second-order valence-electron chi connectivity index (χ2n) is 8.18. The number of nitrogens with one attached hydrogen (secondary N) is 2. The van der Waals surface area contributed by atoms with Crippen LogP contribution in [0.25, 0.3) is 11.3 Å². The van der Waals surface area contributed by atoms with E-state index in [2.05, 4.69) is 15.9 Å². The lowest BCUT2D eigenvalue weighted by Gasteiger charge is -2.32. The van der Waals surface area contributed by atoms with Gasteiger partial charge in [-0.3, -0.25) is 15.1 Å². The third-order valence-electron chi connectivity index (χ3n) is 5.03. The molecule has 37 heavy (non-hydrogen) atoms. The number of carbonyl (C=O) groups is 2. The molecule has 3 rings (SSSR count). The van der Waals surface area contributed by atoms with Crippen LogP contribution in [0.1, 0.15) is 25.8 Å². The van der Waals surface area contributed by atoms with E-state index in [-0.39, 0.29) is 28.7 Å². The fraction of sp³-hybridized carbons (Fsp3) is 0.292. The maximum atomic E-state index is 13.9. The van der Waals surface area contributed by atoms with E-state index in [1.807, 2.05) is 0 Å². The molecule has 1 atom stereocenters. The average Bonchev–Trinajstić information content (AvgIpc) is 3.27. The number of alkyl halides is 2. The standard InChI is InChI=1S/C24H23ClF4N4O4/c1-14(34)33(30-12-16-6-4-8-19(27)22(16)25)18(11-24(2,28)29)13-36-23(35)31-21-10-20(37-32-21)15-5-3-7-17(26)9-15/h3-10,18,30H,11-13H2,1-2H3,(H,31,32,35). The highest BCUT2D eigenvalue weighted by atomic mass is 35.5. The molecule has 0 bridgehead atoms. The highest BCUT2D eigenvalue weighted by Crippen LogP contribution is 2.25. The number of nitrogens with zero attached hydrogens (tertiary/aromatic N) is 2. The van der Waals surface area contributed by atoms with Crippen molar-refractivity contribution in [1.29, 1.82) is 0 Å². The first-order chi connectivity index (χ1) is 17.4. The van der Waals surface area contributed by atoms with E-state index in [0.717, 1.165) is 18.0 Å². The zero-order chi connectivity index (χ0) is 27.2. The number of rotatable bonds is 10. The Hall–Kier alpha value is -3.64. The molecule has 0 spiro atoms. The van der Waals surface area contributed by atoms with E-state index in [1.165, 1.54) is 36.4 Å². The summed E-state index contributed by atoms with van der Waals surface area (Å²) in [4.78, 5) is 24.5. The van der Waals surface area contributed by atoms with E-state index < -0.39 is 48.6 Å². The minimum Gasteiger partial charge on any atom is -0.447 e. The van der Waals surface area contributed by atoms with Crippen molar-refractivity contribution in [2.45, 2.75) is 38.8 Å². The molecule has 2 N–H and O–H groups in total. The van der Waals surface area contributed by atoms with Crippen molar-refractivity contribution in [3.63, 3.8) is 0 Å². The van der Waals surface area contributed by atoms with Gasteiger partial charge >= 0.3 is 6.09 Å². The SMILES string of the molecule is CC(=O)N(NCc1cccc(F)c1Cl)C(COC(=O)Nc1cc(-c2cccc(F)c2)on1)CC(C)(F)F. The van der Waals surface area contributed by atoms with Crippen LogP contribution >= 0.6 is 11.6 Å². The lowest BCUT2D eigenvalue weighted by molar-refractivity contribution is -0.139. The molecule has 3 aromatic rings. The summed E-state index contributed by atoms with van der Waals surface area (Å²) in [5.41, 5.74) is 3.32. The smallest absolute Gasteiger partial charge is 0.412 e. The van der Waals surface area contributed by atoms with E-state index in [1.54, 1.807) is 6.07 Å². The van der Waals surface area contributed by atoms with Crippen LogP contribution in [-0.4, -0.2) is 40.7 Å². The van der Waals surface area contributed by atoms with Gasteiger partial charge in [-0.05, 0) is 30.7 Å². The molecule has 0 saturated carbocycles. The van der Waals surface area contributed by atoms with E-state index in [0.29, 0.717) is 12.5 Å². The fourth-order valence-electron chi connectivity index (χ4n) is 3.42. The molecule has 0 aliphatic heterocycles. The number of hydrazine groups is 1. The number of amides is 2. The molecule has 0 fully saturated rings. The number of benzene rings is 2. The molecule has 1 aromatic heterocycles. The van der Waals surface area contributed by atoms with Crippen molar-refractivity contribution in [1.82, 2.24) is 15.6 Å². The molecule has 2 amide bonds. The van der Waals surface area contributed by atoms with Gasteiger partial charge in [0.1, 0.15) is 18.2 Å². The first-order valence-corrected chi connectivity index (χ1v) is 11.3. The predicted octanol–water partition coefficient (Wildman–Crippen LogP) is 5.79. The molecule has 1 unspecified atom stereocenters. The Balaban J connectivity index is 1.66. The van der Waals surface area contributed by atoms with Crippen molar-refractivity contribution in [2.75, 3.05) is 11.9 Å². The van der Waals surface area contributed by atoms with Gasteiger partial charge in [0.25, 0.3) is 0 Å². The molecule has 0 radical (unpaired) electrons. The van der Waals surface area contributed by atoms with Crippen molar-refractivity contribution in [2.24, 2.45) is 0 Å². The number of hydrogen-bond acceptors (Lipinski definition) is 6. The van der Waals surface area contributed by atoms with Crippen molar-refractivity contribution >= 4 is 29.4 Å². The van der Waals surface area contributed by atoms with Crippen LogP contribution in [0.15, 0.2) is 53.1 Å². The first kappa shape index (κ1) is 27.9. The largest absolute Gasteiger partial charge is 0.447 e. The molecule has 2 aromatic carbocycles. The summed E-state index contributed by atoms with van der Waals surface area (Å²) < 4.78 is 65.1. The molecule has 198 valence electrons. The van der Waals surface area contributed by atoms with Gasteiger partial charge in [0.05, 0.1) is 11.1 Å². The quantitative estimate of drug-likeness (QED) is 0.249. The summed E-state index contributed by atoms with van der Waals surface area (Å²) in [5, 5.41) is 6.61. The average molecular weight is 543 g/mol.